The summed E-state index contributed by atoms with van der Waals surface area (Å²) in [4.78, 5) is 11.6. The number of hydrogen-bond donors (Lipinski definition) is 1. The molecule has 0 saturated carbocycles. The van der Waals surface area contributed by atoms with Crippen LogP contribution in [0.5, 0.6) is 0 Å². The van der Waals surface area contributed by atoms with Crippen molar-refractivity contribution in [3.63, 3.8) is 0 Å². The molecule has 1 N–H and O–H groups in total. The van der Waals surface area contributed by atoms with Crippen LogP contribution in [0.15, 0.2) is 77.7 Å². The quantitative estimate of drug-likeness (QED) is 0.636. The van der Waals surface area contributed by atoms with Crippen LogP contribution < -0.4 is 4.31 Å². The van der Waals surface area contributed by atoms with Gasteiger partial charge in [-0.15, -0.1) is 0 Å². The van der Waals surface area contributed by atoms with Crippen molar-refractivity contribution >= 4 is 21.7 Å². The lowest BCUT2D eigenvalue weighted by molar-refractivity contribution is -0.138. The molecule has 5 nitrogen and oxygen atoms in total. The molecule has 3 aromatic carbocycles. The topological polar surface area (TPSA) is 74.7 Å². The predicted octanol–water partition coefficient (Wildman–Crippen LogP) is 4.58. The van der Waals surface area contributed by atoms with E-state index in [-0.39, 0.29) is 16.9 Å². The number of carboxylic acid groups (broad SMARTS) is 1. The minimum atomic E-state index is -4.49. The van der Waals surface area contributed by atoms with E-state index in [0.717, 1.165) is 16.4 Å². The van der Waals surface area contributed by atoms with Gasteiger partial charge in [0.15, 0.2) is 0 Å². The van der Waals surface area contributed by atoms with Crippen LogP contribution >= 0.6 is 0 Å². The highest BCUT2D eigenvalue weighted by Gasteiger charge is 2.42. The van der Waals surface area contributed by atoms with Gasteiger partial charge in [-0.3, -0.25) is 4.31 Å². The summed E-state index contributed by atoms with van der Waals surface area (Å²) >= 11 is 0. The van der Waals surface area contributed by atoms with Crippen molar-refractivity contribution in [2.24, 2.45) is 0 Å². The molecule has 1 heterocycles. The van der Waals surface area contributed by atoms with Gasteiger partial charge in [0.25, 0.3) is 10.0 Å². The maximum atomic E-state index is 13.3. The zero-order valence-electron chi connectivity index (χ0n) is 15.9. The number of para-hydroxylation sites is 1. The molecule has 0 fully saturated rings. The number of hydrogen-bond acceptors (Lipinski definition) is 3. The summed E-state index contributed by atoms with van der Waals surface area (Å²) in [7, 11) is -4.20. The lowest BCUT2D eigenvalue weighted by Crippen LogP contribution is -2.42. The first kappa shape index (κ1) is 20.9. The van der Waals surface area contributed by atoms with Crippen molar-refractivity contribution in [3.05, 3.63) is 83.9 Å². The molecule has 0 spiro atoms. The highest BCUT2D eigenvalue weighted by atomic mass is 32.2. The van der Waals surface area contributed by atoms with Gasteiger partial charge in [-0.05, 0) is 47.0 Å². The van der Waals surface area contributed by atoms with Crippen molar-refractivity contribution in [2.45, 2.75) is 23.5 Å². The van der Waals surface area contributed by atoms with Crippen LogP contribution in [0.25, 0.3) is 11.1 Å². The minimum absolute atomic E-state index is 0.0487. The molecule has 1 aliphatic rings. The van der Waals surface area contributed by atoms with Gasteiger partial charge in [0.1, 0.15) is 6.04 Å². The van der Waals surface area contributed by atoms with Crippen LogP contribution in [-0.4, -0.2) is 25.5 Å². The second-order valence-electron chi connectivity index (χ2n) is 7.09. The van der Waals surface area contributed by atoms with E-state index in [1.807, 2.05) is 0 Å². The van der Waals surface area contributed by atoms with Gasteiger partial charge >= 0.3 is 12.1 Å². The monoisotopic (exact) mass is 447 g/mol. The lowest BCUT2D eigenvalue weighted by atomic mass is 10.0. The van der Waals surface area contributed by atoms with E-state index >= 15 is 0 Å². The number of aliphatic carboxylic acids is 1. The third kappa shape index (κ3) is 3.76. The zero-order chi connectivity index (χ0) is 22.4. The van der Waals surface area contributed by atoms with Crippen LogP contribution in [0.4, 0.5) is 18.9 Å². The molecule has 9 heteroatoms. The van der Waals surface area contributed by atoms with E-state index in [1.165, 1.54) is 36.4 Å². The molecule has 0 aromatic heterocycles. The highest BCUT2D eigenvalue weighted by Crippen LogP contribution is 2.37. The Labute approximate surface area is 176 Å². The van der Waals surface area contributed by atoms with Gasteiger partial charge in [0.05, 0.1) is 16.1 Å². The van der Waals surface area contributed by atoms with Crippen LogP contribution in [0.2, 0.25) is 0 Å². The predicted molar refractivity (Wildman–Crippen MR) is 108 cm³/mol. The molecule has 1 aliphatic heterocycles. The Bertz CT molecular complexity index is 1250. The Morgan fingerprint density at radius 2 is 1.61 bits per heavy atom. The Kier molecular flexibility index (Phi) is 5.01. The number of fused-ring (bicyclic) bond motifs is 1. The van der Waals surface area contributed by atoms with Crippen molar-refractivity contribution < 1.29 is 31.5 Å². The molecule has 4 rings (SSSR count). The Hall–Kier alpha value is -3.33. The number of halogens is 3. The summed E-state index contributed by atoms with van der Waals surface area (Å²) in [6, 6.07) is 15.3. The highest BCUT2D eigenvalue weighted by molar-refractivity contribution is 7.93. The molecular formula is C22H16F3NO4S. The molecule has 0 amide bonds. The second-order valence-corrected chi connectivity index (χ2v) is 8.91. The second kappa shape index (κ2) is 7.42. The zero-order valence-corrected chi connectivity index (χ0v) is 16.7. The average Bonchev–Trinajstić information content (AvgIpc) is 3.14. The number of nitrogens with zero attached hydrogens (tertiary/aromatic N) is 1. The Morgan fingerprint density at radius 3 is 2.26 bits per heavy atom. The maximum absolute atomic E-state index is 13.3. The number of anilines is 1. The number of benzene rings is 3. The molecule has 0 saturated heterocycles. The number of sulfonamides is 1. The van der Waals surface area contributed by atoms with E-state index in [1.54, 1.807) is 24.3 Å². The third-order valence-electron chi connectivity index (χ3n) is 5.14. The van der Waals surface area contributed by atoms with Gasteiger partial charge < -0.3 is 5.11 Å². The standard InChI is InChI=1S/C22H16F3NO4S/c23-22(24,25)17-6-3-5-15(12-17)14-8-10-18(11-9-14)31(29,30)26-19-7-2-1-4-16(19)13-20(26)21(27)28/h1-12,20H,13H2,(H,27,28). The van der Waals surface area contributed by atoms with E-state index < -0.39 is 33.8 Å². The Balaban J connectivity index is 1.71. The fourth-order valence-corrected chi connectivity index (χ4v) is 5.29. The van der Waals surface area contributed by atoms with Crippen molar-refractivity contribution in [3.8, 4) is 11.1 Å². The molecule has 31 heavy (non-hydrogen) atoms. The van der Waals surface area contributed by atoms with Crippen molar-refractivity contribution in [1.82, 2.24) is 0 Å². The van der Waals surface area contributed by atoms with Crippen LogP contribution in [0.3, 0.4) is 0 Å². The molecule has 0 radical (unpaired) electrons. The van der Waals surface area contributed by atoms with E-state index in [0.29, 0.717) is 16.8 Å². The lowest BCUT2D eigenvalue weighted by Gasteiger charge is -2.24. The first-order chi connectivity index (χ1) is 14.6. The van der Waals surface area contributed by atoms with Gasteiger partial charge in [-0.25, -0.2) is 13.2 Å². The van der Waals surface area contributed by atoms with E-state index in [4.69, 9.17) is 0 Å². The number of alkyl halides is 3. The van der Waals surface area contributed by atoms with E-state index in [2.05, 4.69) is 0 Å². The average molecular weight is 447 g/mol. The van der Waals surface area contributed by atoms with Gasteiger partial charge in [0.2, 0.25) is 0 Å². The molecule has 0 aliphatic carbocycles. The summed E-state index contributed by atoms with van der Waals surface area (Å²) in [5, 5.41) is 9.55. The van der Waals surface area contributed by atoms with Crippen molar-refractivity contribution in [1.29, 1.82) is 0 Å². The molecular weight excluding hydrogens is 431 g/mol. The van der Waals surface area contributed by atoms with Crippen molar-refractivity contribution in [2.75, 3.05) is 4.31 Å². The number of carboxylic acids is 1. The maximum Gasteiger partial charge on any atom is 0.416 e. The normalized spacial score (nSPS) is 16.2. The minimum Gasteiger partial charge on any atom is -0.480 e. The molecule has 3 aromatic rings. The number of rotatable bonds is 4. The fourth-order valence-electron chi connectivity index (χ4n) is 3.65. The molecule has 0 bridgehead atoms. The first-order valence-electron chi connectivity index (χ1n) is 9.22. The SMILES string of the molecule is O=C(O)C1Cc2ccccc2N1S(=O)(=O)c1ccc(-c2cccc(C(F)(F)F)c2)cc1. The first-order valence-corrected chi connectivity index (χ1v) is 10.7. The molecule has 1 atom stereocenters. The molecule has 160 valence electrons. The van der Waals surface area contributed by atoms with Crippen LogP contribution in [-0.2, 0) is 27.4 Å². The number of carbonyl (C=O) groups is 1. The third-order valence-corrected chi connectivity index (χ3v) is 6.98. The summed E-state index contributed by atoms with van der Waals surface area (Å²) in [6.45, 7) is 0. The summed E-state index contributed by atoms with van der Waals surface area (Å²) < 4.78 is 66.3. The summed E-state index contributed by atoms with van der Waals surface area (Å²) in [6.07, 6.45) is -4.44. The molecule has 1 unspecified atom stereocenters. The Morgan fingerprint density at radius 1 is 0.935 bits per heavy atom. The van der Waals surface area contributed by atoms with Gasteiger partial charge in [0, 0.05) is 6.42 Å². The smallest absolute Gasteiger partial charge is 0.416 e. The van der Waals surface area contributed by atoms with E-state index in [9.17, 15) is 31.5 Å². The van der Waals surface area contributed by atoms with Gasteiger partial charge in [-0.1, -0.05) is 42.5 Å². The van der Waals surface area contributed by atoms with Crippen LogP contribution in [0.1, 0.15) is 11.1 Å². The summed E-state index contributed by atoms with van der Waals surface area (Å²) in [5.41, 5.74) is 0.797. The fraction of sp³-hybridized carbons (Fsp3) is 0.136. The summed E-state index contributed by atoms with van der Waals surface area (Å²) in [5.74, 6) is -1.26. The largest absolute Gasteiger partial charge is 0.480 e. The van der Waals surface area contributed by atoms with Gasteiger partial charge in [-0.2, -0.15) is 13.2 Å². The van der Waals surface area contributed by atoms with Crippen LogP contribution in [0, 0.1) is 0 Å².